The summed E-state index contributed by atoms with van der Waals surface area (Å²) in [5.74, 6) is 0.915. The number of rotatable bonds is 4. The largest absolute Gasteiger partial charge is 0.493 e. The van der Waals surface area contributed by atoms with Crippen molar-refractivity contribution in [3.63, 3.8) is 0 Å². The Kier molecular flexibility index (Phi) is 4.77. The molecule has 124 valence electrons. The maximum absolute atomic E-state index is 12.3. The van der Waals surface area contributed by atoms with E-state index in [2.05, 4.69) is 9.98 Å². The van der Waals surface area contributed by atoms with Crippen molar-refractivity contribution in [1.82, 2.24) is 9.55 Å². The first-order valence-corrected chi connectivity index (χ1v) is 8.75. The predicted octanol–water partition coefficient (Wildman–Crippen LogP) is 2.97. The molecule has 24 heavy (non-hydrogen) atoms. The van der Waals surface area contributed by atoms with Gasteiger partial charge in [-0.2, -0.15) is 4.99 Å². The van der Waals surface area contributed by atoms with Crippen LogP contribution >= 0.6 is 22.7 Å². The molecular weight excluding hydrogens is 346 g/mol. The number of aromatic nitrogens is 2. The Hall–Kier alpha value is -2.45. The summed E-state index contributed by atoms with van der Waals surface area (Å²) in [7, 11) is 5.01. The van der Waals surface area contributed by atoms with Crippen molar-refractivity contribution in [2.75, 3.05) is 14.2 Å². The first-order chi connectivity index (χ1) is 11.6. The summed E-state index contributed by atoms with van der Waals surface area (Å²) in [4.78, 5) is 21.4. The van der Waals surface area contributed by atoms with Crippen LogP contribution in [0.15, 0.2) is 40.1 Å². The lowest BCUT2D eigenvalue weighted by atomic mass is 10.2. The highest BCUT2D eigenvalue weighted by Gasteiger charge is 2.13. The molecule has 2 heterocycles. The molecule has 1 aromatic carbocycles. The van der Waals surface area contributed by atoms with Crippen molar-refractivity contribution in [3.05, 3.63) is 45.7 Å². The van der Waals surface area contributed by atoms with E-state index < -0.39 is 0 Å². The van der Waals surface area contributed by atoms with Crippen molar-refractivity contribution in [3.8, 4) is 22.1 Å². The van der Waals surface area contributed by atoms with Gasteiger partial charge < -0.3 is 14.0 Å². The maximum Gasteiger partial charge on any atom is 0.299 e. The molecule has 3 rings (SSSR count). The van der Waals surface area contributed by atoms with Crippen molar-refractivity contribution in [2.45, 2.75) is 0 Å². The van der Waals surface area contributed by atoms with E-state index in [-0.39, 0.29) is 5.91 Å². The molecule has 0 unspecified atom stereocenters. The molecule has 0 radical (unpaired) electrons. The molecule has 0 fully saturated rings. The minimum absolute atomic E-state index is 0.332. The molecule has 0 saturated carbocycles. The Labute approximate surface area is 146 Å². The zero-order valence-corrected chi connectivity index (χ0v) is 15.0. The SMILES string of the molecule is COc1ccc(-c2nc(C(=O)N=c3sccn3C)cs2)cc1OC. The summed E-state index contributed by atoms with van der Waals surface area (Å²) >= 11 is 2.79. The fraction of sp³-hybridized carbons (Fsp3) is 0.188. The fourth-order valence-corrected chi connectivity index (χ4v) is 3.57. The number of ether oxygens (including phenoxy) is 2. The average Bonchev–Trinajstić information content (AvgIpc) is 3.24. The van der Waals surface area contributed by atoms with E-state index in [1.807, 2.05) is 36.8 Å². The van der Waals surface area contributed by atoms with Crippen LogP contribution in [0.25, 0.3) is 10.6 Å². The Bertz CT molecular complexity index is 940. The molecule has 0 spiro atoms. The number of hydrogen-bond acceptors (Lipinski definition) is 6. The third-order valence-electron chi connectivity index (χ3n) is 3.31. The first kappa shape index (κ1) is 16.4. The topological polar surface area (TPSA) is 65.7 Å². The molecule has 0 aliphatic carbocycles. The quantitative estimate of drug-likeness (QED) is 0.717. The van der Waals surface area contributed by atoms with Gasteiger partial charge in [-0.1, -0.05) is 0 Å². The summed E-state index contributed by atoms with van der Waals surface area (Å²) in [5, 5.41) is 4.32. The molecular formula is C16H15N3O3S2. The Morgan fingerprint density at radius 3 is 2.67 bits per heavy atom. The fourth-order valence-electron chi connectivity index (χ4n) is 2.05. The van der Waals surface area contributed by atoms with Crippen LogP contribution < -0.4 is 14.3 Å². The lowest BCUT2D eigenvalue weighted by molar-refractivity contribution is 0.0994. The number of amides is 1. The van der Waals surface area contributed by atoms with Gasteiger partial charge in [-0.3, -0.25) is 4.79 Å². The first-order valence-electron chi connectivity index (χ1n) is 6.99. The van der Waals surface area contributed by atoms with Crippen molar-refractivity contribution in [1.29, 1.82) is 0 Å². The van der Waals surface area contributed by atoms with Gasteiger partial charge in [0.1, 0.15) is 10.7 Å². The maximum atomic E-state index is 12.3. The van der Waals surface area contributed by atoms with Crippen LogP contribution in [0.4, 0.5) is 0 Å². The van der Waals surface area contributed by atoms with E-state index in [1.165, 1.54) is 22.7 Å². The van der Waals surface area contributed by atoms with Crippen LogP contribution in [0.1, 0.15) is 10.5 Å². The second-order valence-electron chi connectivity index (χ2n) is 4.82. The molecule has 8 heteroatoms. The molecule has 0 atom stereocenters. The van der Waals surface area contributed by atoms with Gasteiger partial charge in [0.05, 0.1) is 14.2 Å². The molecule has 0 saturated heterocycles. The second-order valence-corrected chi connectivity index (χ2v) is 6.55. The van der Waals surface area contributed by atoms with Gasteiger partial charge in [0.15, 0.2) is 16.3 Å². The lowest BCUT2D eigenvalue weighted by Crippen LogP contribution is -2.12. The number of carbonyl (C=O) groups is 1. The minimum Gasteiger partial charge on any atom is -0.493 e. The molecule has 2 aromatic heterocycles. The van der Waals surface area contributed by atoms with Crippen LogP contribution in [0.3, 0.4) is 0 Å². The predicted molar refractivity (Wildman–Crippen MR) is 93.8 cm³/mol. The number of nitrogens with zero attached hydrogens (tertiary/aromatic N) is 3. The highest BCUT2D eigenvalue weighted by Crippen LogP contribution is 2.33. The van der Waals surface area contributed by atoms with Crippen molar-refractivity contribution >= 4 is 28.6 Å². The number of aryl methyl sites for hydroxylation is 1. The lowest BCUT2D eigenvalue weighted by Gasteiger charge is -2.08. The Balaban J connectivity index is 1.91. The van der Waals surface area contributed by atoms with Gasteiger partial charge in [0.25, 0.3) is 5.91 Å². The van der Waals surface area contributed by atoms with Gasteiger partial charge >= 0.3 is 0 Å². The van der Waals surface area contributed by atoms with Gasteiger partial charge in [-0.25, -0.2) is 4.98 Å². The monoisotopic (exact) mass is 361 g/mol. The minimum atomic E-state index is -0.351. The molecule has 3 aromatic rings. The van der Waals surface area contributed by atoms with Gasteiger partial charge in [0.2, 0.25) is 0 Å². The number of benzene rings is 1. The zero-order valence-electron chi connectivity index (χ0n) is 13.3. The summed E-state index contributed by atoms with van der Waals surface area (Å²) in [5.41, 5.74) is 1.19. The van der Waals surface area contributed by atoms with Crippen molar-refractivity contribution < 1.29 is 14.3 Å². The van der Waals surface area contributed by atoms with E-state index in [4.69, 9.17) is 9.47 Å². The van der Waals surface area contributed by atoms with Crippen LogP contribution in [0.2, 0.25) is 0 Å². The van der Waals surface area contributed by atoms with E-state index in [9.17, 15) is 4.79 Å². The third-order valence-corrected chi connectivity index (χ3v) is 5.05. The van der Waals surface area contributed by atoms with E-state index >= 15 is 0 Å². The second kappa shape index (κ2) is 6.98. The highest BCUT2D eigenvalue weighted by atomic mass is 32.1. The number of thiazole rings is 2. The van der Waals surface area contributed by atoms with Gasteiger partial charge in [0, 0.05) is 29.6 Å². The number of methoxy groups -OCH3 is 2. The molecule has 6 nitrogen and oxygen atoms in total. The normalized spacial score (nSPS) is 11.5. The summed E-state index contributed by atoms with van der Waals surface area (Å²) in [6, 6.07) is 5.53. The van der Waals surface area contributed by atoms with E-state index in [1.54, 1.807) is 24.2 Å². The molecule has 1 amide bonds. The van der Waals surface area contributed by atoms with Crippen molar-refractivity contribution in [2.24, 2.45) is 12.0 Å². The van der Waals surface area contributed by atoms with E-state index in [0.29, 0.717) is 22.0 Å². The molecule has 0 bridgehead atoms. The molecule has 0 aliphatic heterocycles. The van der Waals surface area contributed by atoms with Crippen LogP contribution in [-0.2, 0) is 7.05 Å². The zero-order chi connectivity index (χ0) is 17.1. The standard InChI is InChI=1S/C16H15N3O3S2/c1-19-6-7-23-16(19)18-14(20)11-9-24-15(17-11)10-4-5-12(21-2)13(8-10)22-3/h4-9H,1-3H3. The Morgan fingerprint density at radius 1 is 1.21 bits per heavy atom. The number of hydrogen-bond donors (Lipinski definition) is 0. The van der Waals surface area contributed by atoms with Crippen LogP contribution in [0.5, 0.6) is 11.5 Å². The average molecular weight is 361 g/mol. The molecule has 0 N–H and O–H groups in total. The third kappa shape index (κ3) is 3.24. The smallest absolute Gasteiger partial charge is 0.299 e. The summed E-state index contributed by atoms with van der Waals surface area (Å²) in [6.45, 7) is 0. The molecule has 0 aliphatic rings. The van der Waals surface area contributed by atoms with Crippen LogP contribution in [0, 0.1) is 0 Å². The highest BCUT2D eigenvalue weighted by molar-refractivity contribution is 7.13. The summed E-state index contributed by atoms with van der Waals surface area (Å²) in [6.07, 6.45) is 1.85. The van der Waals surface area contributed by atoms with Gasteiger partial charge in [-0.05, 0) is 18.2 Å². The van der Waals surface area contributed by atoms with E-state index in [0.717, 1.165) is 10.6 Å². The summed E-state index contributed by atoms with van der Waals surface area (Å²) < 4.78 is 12.3. The van der Waals surface area contributed by atoms with Gasteiger partial charge in [-0.15, -0.1) is 22.7 Å². The van der Waals surface area contributed by atoms with Crippen LogP contribution in [-0.4, -0.2) is 29.7 Å². The number of carbonyl (C=O) groups excluding carboxylic acids is 1. The Morgan fingerprint density at radius 2 is 2.00 bits per heavy atom.